The molecule has 0 N–H and O–H groups in total. The predicted molar refractivity (Wildman–Crippen MR) is 155 cm³/mol. The van der Waals surface area contributed by atoms with Crippen LogP contribution in [0, 0.1) is 5.82 Å². The zero-order valence-electron chi connectivity index (χ0n) is 22.5. The lowest BCUT2D eigenvalue weighted by Crippen LogP contribution is -2.42. The van der Waals surface area contributed by atoms with Gasteiger partial charge in [0.05, 0.1) is 24.3 Å². The second-order valence-electron chi connectivity index (χ2n) is 10.3. The highest BCUT2D eigenvalue weighted by atomic mass is 19.1. The Morgan fingerprint density at radius 1 is 1.05 bits per heavy atom. The largest absolute Gasteiger partial charge is 0.451 e. The van der Waals surface area contributed by atoms with Gasteiger partial charge in [-0.15, -0.1) is 0 Å². The van der Waals surface area contributed by atoms with Crippen molar-refractivity contribution in [2.24, 2.45) is 0 Å². The fourth-order valence-electron chi connectivity index (χ4n) is 5.75. The van der Waals surface area contributed by atoms with Gasteiger partial charge in [-0.1, -0.05) is 36.4 Å². The van der Waals surface area contributed by atoms with Gasteiger partial charge in [0, 0.05) is 56.6 Å². The number of nitrogens with zero attached hydrogens (tertiary/aromatic N) is 4. The van der Waals surface area contributed by atoms with Gasteiger partial charge in [0.2, 0.25) is 5.43 Å². The van der Waals surface area contributed by atoms with Crippen LogP contribution in [0.4, 0.5) is 10.1 Å². The second kappa shape index (κ2) is 10.0. The number of hydrogen-bond acceptors (Lipinski definition) is 6. The van der Waals surface area contributed by atoms with Crippen LogP contribution in [0.15, 0.2) is 77.9 Å². The van der Waals surface area contributed by atoms with Gasteiger partial charge in [-0.2, -0.15) is 0 Å². The van der Waals surface area contributed by atoms with Crippen molar-refractivity contribution < 1.29 is 18.7 Å². The molecule has 206 valence electrons. The van der Waals surface area contributed by atoms with E-state index in [4.69, 9.17) is 9.47 Å². The minimum Gasteiger partial charge on any atom is -0.451 e. The Bertz CT molecular complexity index is 1880. The van der Waals surface area contributed by atoms with E-state index in [-0.39, 0.29) is 22.4 Å². The van der Waals surface area contributed by atoms with E-state index in [1.807, 2.05) is 59.2 Å². The van der Waals surface area contributed by atoms with E-state index in [2.05, 4.69) is 4.98 Å². The lowest BCUT2D eigenvalue weighted by atomic mass is 10.0. The minimum atomic E-state index is -0.597. The molecule has 1 fully saturated rings. The van der Waals surface area contributed by atoms with E-state index in [0.717, 1.165) is 16.5 Å². The van der Waals surface area contributed by atoms with Crippen LogP contribution in [0.5, 0.6) is 11.5 Å². The summed E-state index contributed by atoms with van der Waals surface area (Å²) >= 11 is 0. The maximum atomic E-state index is 16.0. The van der Waals surface area contributed by atoms with E-state index in [9.17, 15) is 9.59 Å². The van der Waals surface area contributed by atoms with Gasteiger partial charge >= 0.3 is 0 Å². The molecule has 0 aliphatic carbocycles. The third-order valence-corrected chi connectivity index (χ3v) is 7.83. The Hall–Kier alpha value is -4.76. The van der Waals surface area contributed by atoms with Crippen molar-refractivity contribution in [3.05, 3.63) is 100 Å². The average Bonchev–Trinajstić information content (AvgIpc) is 3.01. The summed E-state index contributed by atoms with van der Waals surface area (Å²) in [7, 11) is 1.79. The summed E-state index contributed by atoms with van der Waals surface area (Å²) in [6.07, 6.45) is 3.92. The number of carbonyl (C=O) groups excluding carboxylic acids is 1. The van der Waals surface area contributed by atoms with Crippen LogP contribution in [0.1, 0.15) is 16.1 Å². The number of carbonyl (C=O) groups is 1. The van der Waals surface area contributed by atoms with Gasteiger partial charge in [0.25, 0.3) is 5.91 Å². The van der Waals surface area contributed by atoms with Crippen molar-refractivity contribution in [1.29, 1.82) is 0 Å². The first-order chi connectivity index (χ1) is 20.0. The molecule has 3 aromatic carbocycles. The number of ether oxygens (including phenoxy) is 2. The predicted octanol–water partition coefficient (Wildman–Crippen LogP) is 4.94. The molecule has 2 aliphatic heterocycles. The van der Waals surface area contributed by atoms with E-state index in [1.54, 1.807) is 29.2 Å². The first kappa shape index (κ1) is 25.2. The second-order valence-corrected chi connectivity index (χ2v) is 10.3. The van der Waals surface area contributed by atoms with Gasteiger partial charge < -0.3 is 23.8 Å². The van der Waals surface area contributed by atoms with Crippen LogP contribution in [0.3, 0.4) is 0 Å². The Morgan fingerprint density at radius 3 is 2.66 bits per heavy atom. The van der Waals surface area contributed by atoms with Crippen molar-refractivity contribution in [1.82, 2.24) is 14.5 Å². The quantitative estimate of drug-likeness (QED) is 0.303. The lowest BCUT2D eigenvalue weighted by molar-refractivity contribution is 0.0302. The molecular weight excluding hydrogens is 523 g/mol. The van der Waals surface area contributed by atoms with Crippen LogP contribution in [0.25, 0.3) is 27.4 Å². The lowest BCUT2D eigenvalue weighted by Gasteiger charge is -2.31. The van der Waals surface area contributed by atoms with Crippen molar-refractivity contribution in [3.63, 3.8) is 0 Å². The molecule has 41 heavy (non-hydrogen) atoms. The molecule has 9 heteroatoms. The summed E-state index contributed by atoms with van der Waals surface area (Å²) in [6, 6.07) is 18.6. The fourth-order valence-corrected chi connectivity index (χ4v) is 5.75. The smallest absolute Gasteiger partial charge is 0.259 e. The Labute approximate surface area is 235 Å². The number of amides is 1. The van der Waals surface area contributed by atoms with Gasteiger partial charge in [0.1, 0.15) is 16.8 Å². The molecule has 8 nitrogen and oxygen atoms in total. The number of morpholine rings is 1. The van der Waals surface area contributed by atoms with Crippen LogP contribution >= 0.6 is 0 Å². The normalized spacial score (nSPS) is 14.1. The molecule has 4 heterocycles. The third kappa shape index (κ3) is 4.20. The molecule has 2 aromatic heterocycles. The maximum Gasteiger partial charge on any atom is 0.259 e. The molecular formula is C32H27FN4O4. The van der Waals surface area contributed by atoms with Gasteiger partial charge in [-0.25, -0.2) is 4.39 Å². The zero-order chi connectivity index (χ0) is 28.1. The van der Waals surface area contributed by atoms with Gasteiger partial charge in [-0.3, -0.25) is 14.6 Å². The summed E-state index contributed by atoms with van der Waals surface area (Å²) in [6.45, 7) is 2.05. The van der Waals surface area contributed by atoms with Crippen LogP contribution < -0.4 is 15.1 Å². The highest BCUT2D eigenvalue weighted by Crippen LogP contribution is 2.48. The van der Waals surface area contributed by atoms with Gasteiger partial charge in [0.15, 0.2) is 17.3 Å². The number of likely N-dealkylation sites (N-methyl/N-ethyl adjacent to an activating group) is 1. The van der Waals surface area contributed by atoms with Crippen LogP contribution in [-0.2, 0) is 11.2 Å². The molecule has 0 unspecified atom stereocenters. The Balaban J connectivity index is 1.45. The number of rotatable bonds is 5. The van der Waals surface area contributed by atoms with Gasteiger partial charge in [-0.05, 0) is 29.7 Å². The monoisotopic (exact) mass is 550 g/mol. The minimum absolute atomic E-state index is 0.0122. The van der Waals surface area contributed by atoms with Crippen molar-refractivity contribution >= 4 is 33.3 Å². The van der Waals surface area contributed by atoms with Crippen molar-refractivity contribution in [2.75, 3.05) is 44.8 Å². The summed E-state index contributed by atoms with van der Waals surface area (Å²) in [5, 5.41) is 1.96. The zero-order valence-corrected chi connectivity index (χ0v) is 22.5. The standard InChI is InChI=1S/C32H27FN4O4/c1-35(13-11-21-7-4-5-12-34-21)29-25(33)18-23-28-31(29)41-26-10-9-20-6-2-3-8-22(20)27(26)37(28)19-24(30(23)38)32(39)36-14-16-40-17-15-36/h2-10,12,18-19H,11,13-17H2,1H3. The molecule has 1 saturated heterocycles. The number of anilines is 1. The first-order valence-electron chi connectivity index (χ1n) is 13.6. The molecule has 0 atom stereocenters. The number of aromatic nitrogens is 2. The average molecular weight is 551 g/mol. The van der Waals surface area contributed by atoms with Crippen LogP contribution in [0.2, 0.25) is 0 Å². The van der Waals surface area contributed by atoms with Crippen molar-refractivity contribution in [3.8, 4) is 17.2 Å². The van der Waals surface area contributed by atoms with Crippen molar-refractivity contribution in [2.45, 2.75) is 6.42 Å². The van der Waals surface area contributed by atoms with E-state index >= 15 is 4.39 Å². The molecule has 5 aromatic rings. The molecule has 1 amide bonds. The third-order valence-electron chi connectivity index (χ3n) is 7.83. The number of pyridine rings is 2. The Kier molecular flexibility index (Phi) is 6.16. The fraction of sp³-hybridized carbons (Fsp3) is 0.219. The molecule has 2 aliphatic rings. The Morgan fingerprint density at radius 2 is 1.85 bits per heavy atom. The summed E-state index contributed by atoms with van der Waals surface area (Å²) < 4.78 is 29.7. The molecule has 7 rings (SSSR count). The summed E-state index contributed by atoms with van der Waals surface area (Å²) in [5.41, 5.74) is 1.72. The molecule has 0 radical (unpaired) electrons. The number of fused-ring (bicyclic) bond motifs is 4. The number of hydrogen-bond donors (Lipinski definition) is 0. The van der Waals surface area contributed by atoms with E-state index in [0.29, 0.717) is 56.2 Å². The molecule has 0 spiro atoms. The molecule has 0 bridgehead atoms. The highest BCUT2D eigenvalue weighted by molar-refractivity contribution is 6.04. The first-order valence-corrected chi connectivity index (χ1v) is 13.6. The van der Waals surface area contributed by atoms with E-state index in [1.165, 1.54) is 6.07 Å². The van der Waals surface area contributed by atoms with E-state index < -0.39 is 17.2 Å². The summed E-state index contributed by atoms with van der Waals surface area (Å²) in [4.78, 5) is 35.2. The molecule has 0 saturated carbocycles. The number of benzene rings is 3. The van der Waals surface area contributed by atoms with Crippen LogP contribution in [-0.4, -0.2) is 60.3 Å². The number of halogens is 1. The topological polar surface area (TPSA) is 76.9 Å². The maximum absolute atomic E-state index is 16.0. The highest BCUT2D eigenvalue weighted by Gasteiger charge is 2.32. The summed E-state index contributed by atoms with van der Waals surface area (Å²) in [5.74, 6) is -0.236. The SMILES string of the molecule is CN(CCc1ccccn1)c1c(F)cc2c(=O)c(C(=O)N3CCOCC3)cn3c2c1Oc1ccc2ccccc2c1-3.